The summed E-state index contributed by atoms with van der Waals surface area (Å²) >= 11 is 0. The maximum atomic E-state index is 11.9. The van der Waals surface area contributed by atoms with Crippen molar-refractivity contribution >= 4 is 12.0 Å². The molecule has 0 saturated carbocycles. The fourth-order valence-electron chi connectivity index (χ4n) is 2.29. The van der Waals surface area contributed by atoms with Gasteiger partial charge in [-0.15, -0.1) is 0 Å². The summed E-state index contributed by atoms with van der Waals surface area (Å²) in [5.74, 6) is -0.388. The minimum atomic E-state index is -0.388. The maximum absolute atomic E-state index is 11.9. The topological polar surface area (TPSA) is 58.6 Å². The molecule has 2 unspecified atom stereocenters. The largest absolute Gasteiger partial charge is 0.465 e. The molecule has 0 bridgehead atoms. The molecule has 5 nitrogen and oxygen atoms in total. The van der Waals surface area contributed by atoms with E-state index in [1.807, 2.05) is 11.8 Å². The van der Waals surface area contributed by atoms with Crippen LogP contribution in [-0.4, -0.2) is 42.1 Å². The summed E-state index contributed by atoms with van der Waals surface area (Å²) in [7, 11) is 0. The smallest absolute Gasteiger partial charge is 0.325 e. The molecular formula is C12H22N2O3. The fourth-order valence-corrected chi connectivity index (χ4v) is 2.29. The number of urea groups is 1. The zero-order valence-electron chi connectivity index (χ0n) is 10.9. The van der Waals surface area contributed by atoms with Gasteiger partial charge in [0.05, 0.1) is 6.61 Å². The van der Waals surface area contributed by atoms with Crippen LogP contribution in [0.2, 0.25) is 0 Å². The van der Waals surface area contributed by atoms with Crippen LogP contribution < -0.4 is 5.32 Å². The van der Waals surface area contributed by atoms with Crippen molar-refractivity contribution in [2.75, 3.05) is 13.2 Å². The highest BCUT2D eigenvalue weighted by molar-refractivity contribution is 5.81. The number of ether oxygens (including phenoxy) is 1. The molecule has 0 aliphatic carbocycles. The monoisotopic (exact) mass is 242 g/mol. The van der Waals surface area contributed by atoms with E-state index in [4.69, 9.17) is 4.74 Å². The highest BCUT2D eigenvalue weighted by Gasteiger charge is 2.33. The molecule has 2 atom stereocenters. The van der Waals surface area contributed by atoms with Gasteiger partial charge in [-0.3, -0.25) is 4.79 Å². The van der Waals surface area contributed by atoms with Crippen LogP contribution in [0, 0.1) is 0 Å². The van der Waals surface area contributed by atoms with Crippen LogP contribution in [0.4, 0.5) is 4.79 Å². The van der Waals surface area contributed by atoms with Crippen LogP contribution in [0.3, 0.4) is 0 Å². The van der Waals surface area contributed by atoms with Crippen molar-refractivity contribution in [3.8, 4) is 0 Å². The van der Waals surface area contributed by atoms with E-state index in [-0.39, 0.29) is 24.6 Å². The van der Waals surface area contributed by atoms with E-state index in [9.17, 15) is 9.59 Å². The molecular weight excluding hydrogens is 220 g/mol. The first-order valence-electron chi connectivity index (χ1n) is 6.31. The van der Waals surface area contributed by atoms with Crippen molar-refractivity contribution < 1.29 is 14.3 Å². The number of carbonyl (C=O) groups excluding carboxylic acids is 2. The number of carbonyl (C=O) groups is 2. The van der Waals surface area contributed by atoms with Gasteiger partial charge in [-0.2, -0.15) is 0 Å². The van der Waals surface area contributed by atoms with Crippen LogP contribution in [0.25, 0.3) is 0 Å². The Morgan fingerprint density at radius 3 is 2.65 bits per heavy atom. The summed E-state index contributed by atoms with van der Waals surface area (Å²) in [6, 6.07) is 0.393. The van der Waals surface area contributed by atoms with Crippen molar-refractivity contribution in [1.29, 1.82) is 0 Å². The number of hydrogen-bond donors (Lipinski definition) is 1. The maximum Gasteiger partial charge on any atom is 0.325 e. The Morgan fingerprint density at radius 2 is 2.06 bits per heavy atom. The molecule has 0 radical (unpaired) electrons. The molecule has 17 heavy (non-hydrogen) atoms. The first-order chi connectivity index (χ1) is 8.10. The third-order valence-corrected chi connectivity index (χ3v) is 3.18. The highest BCUT2D eigenvalue weighted by atomic mass is 16.5. The van der Waals surface area contributed by atoms with Gasteiger partial charge in [-0.1, -0.05) is 6.92 Å². The van der Waals surface area contributed by atoms with Crippen molar-refractivity contribution in [3.05, 3.63) is 0 Å². The number of amides is 2. The van der Waals surface area contributed by atoms with Gasteiger partial charge in [0.25, 0.3) is 0 Å². The highest BCUT2D eigenvalue weighted by Crippen LogP contribution is 2.25. The molecule has 1 rings (SSSR count). The van der Waals surface area contributed by atoms with E-state index in [1.54, 1.807) is 6.92 Å². The van der Waals surface area contributed by atoms with Gasteiger partial charge in [-0.05, 0) is 33.1 Å². The molecule has 1 aliphatic rings. The van der Waals surface area contributed by atoms with Gasteiger partial charge in [0.15, 0.2) is 0 Å². The molecule has 1 saturated heterocycles. The third kappa shape index (κ3) is 3.61. The third-order valence-electron chi connectivity index (χ3n) is 3.18. The molecule has 1 aliphatic heterocycles. The van der Waals surface area contributed by atoms with Crippen molar-refractivity contribution in [3.63, 3.8) is 0 Å². The van der Waals surface area contributed by atoms with Crippen LogP contribution in [-0.2, 0) is 9.53 Å². The Labute approximate surface area is 102 Å². The van der Waals surface area contributed by atoms with E-state index < -0.39 is 0 Å². The van der Waals surface area contributed by atoms with Crippen molar-refractivity contribution in [2.45, 2.75) is 52.1 Å². The molecule has 5 heteroatoms. The number of hydrogen-bond acceptors (Lipinski definition) is 3. The molecule has 0 aromatic heterocycles. The predicted octanol–water partition coefficient (Wildman–Crippen LogP) is 1.52. The zero-order chi connectivity index (χ0) is 12.8. The van der Waals surface area contributed by atoms with Gasteiger partial charge in [0.1, 0.15) is 6.54 Å². The second-order valence-corrected chi connectivity index (χ2v) is 4.36. The summed E-state index contributed by atoms with van der Waals surface area (Å²) in [5, 5.41) is 2.62. The van der Waals surface area contributed by atoms with E-state index in [2.05, 4.69) is 12.2 Å². The summed E-state index contributed by atoms with van der Waals surface area (Å²) in [6.45, 7) is 6.15. The van der Waals surface area contributed by atoms with Crippen LogP contribution in [0.5, 0.6) is 0 Å². The summed E-state index contributed by atoms with van der Waals surface area (Å²) in [4.78, 5) is 24.9. The predicted molar refractivity (Wildman–Crippen MR) is 64.6 cm³/mol. The second-order valence-electron chi connectivity index (χ2n) is 4.36. The normalized spacial score (nSPS) is 23.6. The molecule has 1 N–H and O–H groups in total. The molecule has 1 heterocycles. The summed E-state index contributed by atoms with van der Waals surface area (Å²) < 4.78 is 4.76. The van der Waals surface area contributed by atoms with E-state index in [0.717, 1.165) is 19.3 Å². The number of rotatable bonds is 4. The average molecular weight is 242 g/mol. The fraction of sp³-hybridized carbons (Fsp3) is 0.833. The molecule has 0 spiro atoms. The number of esters is 1. The van der Waals surface area contributed by atoms with Gasteiger partial charge in [0.2, 0.25) is 0 Å². The van der Waals surface area contributed by atoms with Crippen LogP contribution in [0.15, 0.2) is 0 Å². The van der Waals surface area contributed by atoms with Gasteiger partial charge >= 0.3 is 12.0 Å². The van der Waals surface area contributed by atoms with Crippen LogP contribution >= 0.6 is 0 Å². The Kier molecular flexibility index (Phi) is 5.25. The Balaban J connectivity index is 2.43. The minimum Gasteiger partial charge on any atom is -0.465 e. The zero-order valence-corrected chi connectivity index (χ0v) is 10.9. The van der Waals surface area contributed by atoms with E-state index in [0.29, 0.717) is 12.6 Å². The lowest BCUT2D eigenvalue weighted by Crippen LogP contribution is -2.47. The molecule has 2 amide bonds. The van der Waals surface area contributed by atoms with Gasteiger partial charge in [-0.25, -0.2) is 4.79 Å². The lowest BCUT2D eigenvalue weighted by molar-refractivity contribution is -0.141. The Bertz CT molecular complexity index is 281. The number of nitrogens with one attached hydrogen (secondary N) is 1. The minimum absolute atomic E-state index is 0.0493. The SMILES string of the molecule is CCOC(=O)CNC(=O)N1C(C)CCC1CC. The standard InChI is InChI=1S/C12H22N2O3/c1-4-10-7-6-9(3)14(10)12(16)13-8-11(15)17-5-2/h9-10H,4-8H2,1-3H3,(H,13,16). The first-order valence-corrected chi connectivity index (χ1v) is 6.31. The molecule has 98 valence electrons. The molecule has 0 aromatic rings. The lowest BCUT2D eigenvalue weighted by atomic mass is 10.2. The second kappa shape index (κ2) is 6.47. The summed E-state index contributed by atoms with van der Waals surface area (Å²) in [6.07, 6.45) is 3.03. The Morgan fingerprint density at radius 1 is 1.35 bits per heavy atom. The first kappa shape index (κ1) is 13.8. The van der Waals surface area contributed by atoms with E-state index in [1.165, 1.54) is 0 Å². The number of nitrogens with zero attached hydrogens (tertiary/aromatic N) is 1. The molecule has 1 fully saturated rings. The average Bonchev–Trinajstić information content (AvgIpc) is 2.68. The van der Waals surface area contributed by atoms with Gasteiger partial charge in [0, 0.05) is 12.1 Å². The number of likely N-dealkylation sites (tertiary alicyclic amines) is 1. The van der Waals surface area contributed by atoms with Crippen LogP contribution in [0.1, 0.15) is 40.0 Å². The van der Waals surface area contributed by atoms with Gasteiger partial charge < -0.3 is 15.0 Å². The summed E-state index contributed by atoms with van der Waals surface area (Å²) in [5.41, 5.74) is 0. The molecule has 0 aromatic carbocycles. The quantitative estimate of drug-likeness (QED) is 0.760. The Hall–Kier alpha value is -1.26. The van der Waals surface area contributed by atoms with E-state index >= 15 is 0 Å². The van der Waals surface area contributed by atoms with Crippen molar-refractivity contribution in [1.82, 2.24) is 10.2 Å². The van der Waals surface area contributed by atoms with Crippen molar-refractivity contribution in [2.24, 2.45) is 0 Å². The lowest BCUT2D eigenvalue weighted by Gasteiger charge is -2.27.